The molecule has 1 aromatic carbocycles. The Hall–Kier alpha value is -2.90. The van der Waals surface area contributed by atoms with Crippen LogP contribution >= 0.6 is 0 Å². The zero-order valence-corrected chi connectivity index (χ0v) is 13.3. The van der Waals surface area contributed by atoms with E-state index in [2.05, 4.69) is 15.8 Å². The van der Waals surface area contributed by atoms with E-state index >= 15 is 0 Å². The van der Waals surface area contributed by atoms with Crippen molar-refractivity contribution in [2.45, 2.75) is 26.4 Å². The molecule has 0 aliphatic carbocycles. The zero-order chi connectivity index (χ0) is 17.1. The average molecular weight is 331 g/mol. The molecule has 24 heavy (non-hydrogen) atoms. The molecule has 0 spiro atoms. The first-order valence-corrected chi connectivity index (χ1v) is 7.69. The third-order valence-electron chi connectivity index (χ3n) is 3.76. The van der Waals surface area contributed by atoms with Gasteiger partial charge in [0.1, 0.15) is 5.82 Å². The van der Waals surface area contributed by atoms with Gasteiger partial charge >= 0.3 is 6.03 Å². The van der Waals surface area contributed by atoms with Crippen molar-refractivity contribution >= 4 is 11.9 Å². The van der Waals surface area contributed by atoms with Gasteiger partial charge in [-0.2, -0.15) is 9.89 Å². The lowest BCUT2D eigenvalue weighted by Gasteiger charge is -2.16. The summed E-state index contributed by atoms with van der Waals surface area (Å²) in [6.45, 7) is 3.25. The van der Waals surface area contributed by atoms with E-state index in [0.29, 0.717) is 25.2 Å². The van der Waals surface area contributed by atoms with Gasteiger partial charge in [-0.25, -0.2) is 14.6 Å². The van der Waals surface area contributed by atoms with Crippen molar-refractivity contribution in [2.75, 3.05) is 12.0 Å². The summed E-state index contributed by atoms with van der Waals surface area (Å²) < 4.78 is 13.2. The Morgan fingerprint density at radius 3 is 2.92 bits per heavy atom. The molecule has 0 radical (unpaired) electrons. The molecule has 126 valence electrons. The van der Waals surface area contributed by atoms with E-state index < -0.39 is 0 Å². The number of carbonyl (C=O) groups is 2. The van der Waals surface area contributed by atoms with Gasteiger partial charge in [0, 0.05) is 12.1 Å². The van der Waals surface area contributed by atoms with E-state index in [1.54, 1.807) is 23.2 Å². The van der Waals surface area contributed by atoms with Gasteiger partial charge in [0.2, 0.25) is 5.91 Å². The lowest BCUT2D eigenvalue weighted by molar-refractivity contribution is -0.116. The predicted molar refractivity (Wildman–Crippen MR) is 85.0 cm³/mol. The van der Waals surface area contributed by atoms with Crippen LogP contribution in [0.25, 0.3) is 0 Å². The molecule has 0 atom stereocenters. The summed E-state index contributed by atoms with van der Waals surface area (Å²) >= 11 is 0. The lowest BCUT2D eigenvalue weighted by atomic mass is 10.1. The van der Waals surface area contributed by atoms with Crippen LogP contribution in [0.4, 0.5) is 9.18 Å². The average Bonchev–Trinajstić information content (AvgIpc) is 3.09. The minimum absolute atomic E-state index is 0.0480. The fourth-order valence-corrected chi connectivity index (χ4v) is 2.64. The van der Waals surface area contributed by atoms with Crippen LogP contribution in [-0.2, 0) is 24.3 Å². The molecule has 3 rings (SSSR count). The van der Waals surface area contributed by atoms with E-state index in [1.807, 2.05) is 6.92 Å². The molecule has 0 fully saturated rings. The van der Waals surface area contributed by atoms with Crippen LogP contribution in [-0.4, -0.2) is 33.3 Å². The normalized spacial score (nSPS) is 12.8. The maximum absolute atomic E-state index is 13.2. The summed E-state index contributed by atoms with van der Waals surface area (Å²) in [4.78, 5) is 27.0. The number of amides is 3. The van der Waals surface area contributed by atoms with Gasteiger partial charge in [0.25, 0.3) is 0 Å². The van der Waals surface area contributed by atoms with E-state index in [4.69, 9.17) is 0 Å². The second-order valence-electron chi connectivity index (χ2n) is 5.56. The summed E-state index contributed by atoms with van der Waals surface area (Å²) in [5.41, 5.74) is 4.92. The summed E-state index contributed by atoms with van der Waals surface area (Å²) in [7, 11) is 0. The molecule has 0 saturated heterocycles. The van der Waals surface area contributed by atoms with Crippen molar-refractivity contribution in [1.82, 2.24) is 20.1 Å². The first-order chi connectivity index (χ1) is 11.6. The van der Waals surface area contributed by atoms with Crippen molar-refractivity contribution in [3.63, 3.8) is 0 Å². The van der Waals surface area contributed by atoms with Gasteiger partial charge in [0.05, 0.1) is 31.4 Å². The second kappa shape index (κ2) is 6.69. The van der Waals surface area contributed by atoms with Crippen LogP contribution in [0.1, 0.15) is 23.7 Å². The van der Waals surface area contributed by atoms with E-state index in [-0.39, 0.29) is 24.2 Å². The van der Waals surface area contributed by atoms with E-state index in [0.717, 1.165) is 11.3 Å². The lowest BCUT2D eigenvalue weighted by Crippen LogP contribution is -2.37. The van der Waals surface area contributed by atoms with Gasteiger partial charge in [0.15, 0.2) is 0 Å². The highest BCUT2D eigenvalue weighted by molar-refractivity contribution is 5.85. The minimum Gasteiger partial charge on any atom is -0.338 e. The number of hydrogen-bond acceptors (Lipinski definition) is 3. The Bertz CT molecular complexity index is 774. The van der Waals surface area contributed by atoms with Gasteiger partial charge in [-0.15, -0.1) is 0 Å². The molecule has 0 saturated carbocycles. The molecule has 0 bridgehead atoms. The molecule has 3 amide bonds. The Kier molecular flexibility index (Phi) is 4.45. The Morgan fingerprint density at radius 1 is 1.33 bits per heavy atom. The molecule has 0 unspecified atom stereocenters. The molecule has 2 aromatic rings. The number of benzene rings is 1. The predicted octanol–water partition coefficient (Wildman–Crippen LogP) is 1.38. The highest BCUT2D eigenvalue weighted by Crippen LogP contribution is 2.21. The number of urea groups is 1. The molecular formula is C16H18FN5O2. The number of hydrogen-bond donors (Lipinski definition) is 2. The maximum Gasteiger partial charge on any atom is 0.318 e. The van der Waals surface area contributed by atoms with Crippen molar-refractivity contribution in [3.05, 3.63) is 53.1 Å². The van der Waals surface area contributed by atoms with Crippen molar-refractivity contribution in [3.8, 4) is 0 Å². The molecule has 2 heterocycles. The third-order valence-corrected chi connectivity index (χ3v) is 3.76. The molecule has 8 heteroatoms. The number of aromatic nitrogens is 2. The molecule has 1 aromatic heterocycles. The van der Waals surface area contributed by atoms with Crippen molar-refractivity contribution in [2.24, 2.45) is 0 Å². The zero-order valence-electron chi connectivity index (χ0n) is 13.3. The van der Waals surface area contributed by atoms with Gasteiger partial charge in [-0.05, 0) is 24.6 Å². The first kappa shape index (κ1) is 16.0. The van der Waals surface area contributed by atoms with Crippen LogP contribution in [0.2, 0.25) is 0 Å². The number of rotatable bonds is 4. The highest BCUT2D eigenvalue weighted by Gasteiger charge is 2.27. The molecular weight excluding hydrogens is 313 g/mol. The molecule has 2 N–H and O–H groups in total. The summed E-state index contributed by atoms with van der Waals surface area (Å²) in [5.74, 6) is -0.680. The first-order valence-electron chi connectivity index (χ1n) is 7.69. The topological polar surface area (TPSA) is 79.3 Å². The van der Waals surface area contributed by atoms with Gasteiger partial charge in [-0.3, -0.25) is 4.79 Å². The highest BCUT2D eigenvalue weighted by atomic mass is 19.1. The Morgan fingerprint density at radius 2 is 2.17 bits per heavy atom. The fraction of sp³-hybridized carbons (Fsp3) is 0.312. The van der Waals surface area contributed by atoms with Gasteiger partial charge < -0.3 is 10.2 Å². The van der Waals surface area contributed by atoms with Crippen molar-refractivity contribution < 1.29 is 14.0 Å². The minimum atomic E-state index is -0.377. The molecule has 1 aliphatic heterocycles. The number of fused-ring (bicyclic) bond motifs is 1. The Balaban J connectivity index is 1.64. The van der Waals surface area contributed by atoms with Crippen LogP contribution in [0.3, 0.4) is 0 Å². The summed E-state index contributed by atoms with van der Waals surface area (Å²) in [6.07, 6.45) is 1.68. The number of nitrogens with zero attached hydrogens (tertiary/aromatic N) is 3. The van der Waals surface area contributed by atoms with Crippen LogP contribution < -0.4 is 10.7 Å². The number of nitrogens with one attached hydrogen (secondary N) is 2. The fourth-order valence-electron chi connectivity index (χ4n) is 2.64. The van der Waals surface area contributed by atoms with Crippen LogP contribution in [0, 0.1) is 5.82 Å². The Labute approximate surface area is 138 Å². The summed E-state index contributed by atoms with van der Waals surface area (Å²) in [5, 5.41) is 6.87. The van der Waals surface area contributed by atoms with Crippen molar-refractivity contribution in [1.29, 1.82) is 0 Å². The monoisotopic (exact) mass is 331 g/mol. The largest absolute Gasteiger partial charge is 0.338 e. The quantitative estimate of drug-likeness (QED) is 0.888. The second-order valence-corrected chi connectivity index (χ2v) is 5.56. The number of halogens is 1. The van der Waals surface area contributed by atoms with E-state index in [1.165, 1.54) is 16.9 Å². The standard InChI is InChI=1S/C16H18FN5O2/c1-2-18-16(24)21-9-12-8-19-22(14(12)10-21)20-15(23)7-11-4-3-5-13(17)6-11/h3-6,8H,2,7,9-10H2,1H3,(H,18,24)(H,20,23). The van der Waals surface area contributed by atoms with E-state index in [9.17, 15) is 14.0 Å². The van der Waals surface area contributed by atoms with Crippen LogP contribution in [0.5, 0.6) is 0 Å². The summed E-state index contributed by atoms with van der Waals surface area (Å²) in [6, 6.07) is 5.76. The maximum atomic E-state index is 13.2. The number of carbonyl (C=O) groups excluding carboxylic acids is 2. The molecule has 1 aliphatic rings. The van der Waals surface area contributed by atoms with Crippen LogP contribution in [0.15, 0.2) is 30.5 Å². The van der Waals surface area contributed by atoms with Gasteiger partial charge in [-0.1, -0.05) is 12.1 Å². The third kappa shape index (κ3) is 3.37. The molecule has 7 nitrogen and oxygen atoms in total. The smallest absolute Gasteiger partial charge is 0.318 e. The SMILES string of the molecule is CCNC(=O)N1Cc2cnn(NC(=O)Cc3cccc(F)c3)c2C1.